The van der Waals surface area contributed by atoms with Crippen LogP contribution in [0.25, 0.3) is 5.69 Å². The molecule has 1 aromatic heterocycles. The molecule has 0 fully saturated rings. The molecule has 2 aromatic carbocycles. The fourth-order valence-electron chi connectivity index (χ4n) is 2.29. The topological polar surface area (TPSA) is 93.0 Å². The zero-order chi connectivity index (χ0) is 20.1. The van der Waals surface area contributed by atoms with Crippen LogP contribution in [0.3, 0.4) is 0 Å². The highest BCUT2D eigenvalue weighted by Gasteiger charge is 2.12. The molecule has 1 N–H and O–H groups in total. The standard InChI is InChI=1S/C18H17ClN6O2S/c1-24(2)17(27)12-3-7-14(8-4-12)20-16(26)11-28-18-21-22-23-25(18)15-9-5-13(19)6-10-15/h3-10H,11H2,1-2H3,(H,20,26). The zero-order valence-corrected chi connectivity index (χ0v) is 16.7. The molecule has 0 spiro atoms. The highest BCUT2D eigenvalue weighted by molar-refractivity contribution is 7.99. The number of hydrogen-bond donors (Lipinski definition) is 1. The van der Waals surface area contributed by atoms with Crippen LogP contribution in [0.4, 0.5) is 5.69 Å². The summed E-state index contributed by atoms with van der Waals surface area (Å²) in [5.74, 6) is -0.170. The third-order valence-corrected chi connectivity index (χ3v) is 4.84. The Hall–Kier alpha value is -2.91. The molecule has 0 aliphatic carbocycles. The predicted molar refractivity (Wildman–Crippen MR) is 108 cm³/mol. The fourth-order valence-corrected chi connectivity index (χ4v) is 3.11. The SMILES string of the molecule is CN(C)C(=O)c1ccc(NC(=O)CSc2nnnn2-c2ccc(Cl)cc2)cc1. The lowest BCUT2D eigenvalue weighted by Crippen LogP contribution is -2.21. The summed E-state index contributed by atoms with van der Waals surface area (Å²) in [7, 11) is 3.37. The lowest BCUT2D eigenvalue weighted by molar-refractivity contribution is -0.113. The monoisotopic (exact) mass is 416 g/mol. The molecule has 8 nitrogen and oxygen atoms in total. The van der Waals surface area contributed by atoms with Crippen molar-refractivity contribution in [3.63, 3.8) is 0 Å². The van der Waals surface area contributed by atoms with Gasteiger partial charge in [-0.1, -0.05) is 23.4 Å². The van der Waals surface area contributed by atoms with E-state index in [0.717, 1.165) is 5.69 Å². The van der Waals surface area contributed by atoms with E-state index in [0.29, 0.717) is 21.4 Å². The van der Waals surface area contributed by atoms with E-state index in [1.165, 1.54) is 21.3 Å². The van der Waals surface area contributed by atoms with Crippen LogP contribution in [-0.2, 0) is 4.79 Å². The molecule has 0 unspecified atom stereocenters. The first kappa shape index (κ1) is 19.8. The summed E-state index contributed by atoms with van der Waals surface area (Å²) < 4.78 is 1.54. The van der Waals surface area contributed by atoms with Crippen LogP contribution in [0, 0.1) is 0 Å². The lowest BCUT2D eigenvalue weighted by Gasteiger charge is -2.11. The number of carbonyl (C=O) groups excluding carboxylic acids is 2. The molecule has 0 aliphatic rings. The summed E-state index contributed by atoms with van der Waals surface area (Å²) in [5, 5.41) is 15.4. The number of anilines is 1. The maximum Gasteiger partial charge on any atom is 0.253 e. The summed E-state index contributed by atoms with van der Waals surface area (Å²) >= 11 is 7.11. The molecule has 3 aromatic rings. The van der Waals surface area contributed by atoms with Crippen molar-refractivity contribution in [1.29, 1.82) is 0 Å². The van der Waals surface area contributed by atoms with Crippen molar-refractivity contribution in [1.82, 2.24) is 25.1 Å². The third-order valence-electron chi connectivity index (χ3n) is 3.67. The summed E-state index contributed by atoms with van der Waals surface area (Å²) in [6.07, 6.45) is 0. The average Bonchev–Trinajstić information content (AvgIpc) is 3.15. The number of nitrogens with zero attached hydrogens (tertiary/aromatic N) is 5. The van der Waals surface area contributed by atoms with Crippen molar-refractivity contribution < 1.29 is 9.59 Å². The number of benzene rings is 2. The summed E-state index contributed by atoms with van der Waals surface area (Å²) in [6, 6.07) is 13.8. The third kappa shape index (κ3) is 4.87. The second-order valence-corrected chi connectivity index (χ2v) is 7.34. The van der Waals surface area contributed by atoms with Gasteiger partial charge < -0.3 is 10.2 Å². The van der Waals surface area contributed by atoms with Crippen molar-refractivity contribution in [3.8, 4) is 5.69 Å². The van der Waals surface area contributed by atoms with Crippen LogP contribution in [0.5, 0.6) is 0 Å². The van der Waals surface area contributed by atoms with Gasteiger partial charge in [-0.05, 0) is 59.0 Å². The van der Waals surface area contributed by atoms with Gasteiger partial charge in [0.15, 0.2) is 0 Å². The molecular weight excluding hydrogens is 400 g/mol. The van der Waals surface area contributed by atoms with E-state index < -0.39 is 0 Å². The van der Waals surface area contributed by atoms with E-state index in [2.05, 4.69) is 20.8 Å². The van der Waals surface area contributed by atoms with Crippen LogP contribution in [-0.4, -0.2) is 56.8 Å². The largest absolute Gasteiger partial charge is 0.345 e. The summed E-state index contributed by atoms with van der Waals surface area (Å²) in [5.41, 5.74) is 1.91. The Bertz CT molecular complexity index is 973. The maximum absolute atomic E-state index is 12.2. The number of halogens is 1. The Balaban J connectivity index is 1.59. The first-order valence-corrected chi connectivity index (χ1v) is 9.59. The van der Waals surface area contributed by atoms with Crippen LogP contribution in [0.2, 0.25) is 5.02 Å². The Morgan fingerprint density at radius 2 is 1.79 bits per heavy atom. The van der Waals surface area contributed by atoms with Crippen molar-refractivity contribution >= 4 is 40.9 Å². The van der Waals surface area contributed by atoms with Gasteiger partial charge in [0.05, 0.1) is 11.4 Å². The van der Waals surface area contributed by atoms with E-state index in [4.69, 9.17) is 11.6 Å². The van der Waals surface area contributed by atoms with E-state index in [1.807, 2.05) is 0 Å². The second-order valence-electron chi connectivity index (χ2n) is 5.96. The summed E-state index contributed by atoms with van der Waals surface area (Å²) in [6.45, 7) is 0. The van der Waals surface area contributed by atoms with E-state index >= 15 is 0 Å². The minimum Gasteiger partial charge on any atom is -0.345 e. The highest BCUT2D eigenvalue weighted by atomic mass is 35.5. The second kappa shape index (κ2) is 8.85. The maximum atomic E-state index is 12.2. The van der Waals surface area contributed by atoms with Crippen LogP contribution >= 0.6 is 23.4 Å². The van der Waals surface area contributed by atoms with Gasteiger partial charge in [-0.25, -0.2) is 0 Å². The Morgan fingerprint density at radius 1 is 1.11 bits per heavy atom. The molecule has 10 heteroatoms. The number of rotatable bonds is 6. The molecule has 2 amide bonds. The molecule has 144 valence electrons. The smallest absolute Gasteiger partial charge is 0.253 e. The first-order chi connectivity index (χ1) is 13.4. The van der Waals surface area contributed by atoms with Gasteiger partial charge in [-0.3, -0.25) is 9.59 Å². The van der Waals surface area contributed by atoms with Gasteiger partial charge in [0.1, 0.15) is 0 Å². The fraction of sp³-hybridized carbons (Fsp3) is 0.167. The van der Waals surface area contributed by atoms with E-state index in [-0.39, 0.29) is 17.6 Å². The minimum absolute atomic E-state index is 0.0949. The zero-order valence-electron chi connectivity index (χ0n) is 15.2. The Labute approximate surface area is 170 Å². The summed E-state index contributed by atoms with van der Waals surface area (Å²) in [4.78, 5) is 25.6. The van der Waals surface area contributed by atoms with Crippen LogP contribution in [0.15, 0.2) is 53.7 Å². The number of tetrazole rings is 1. The number of thioether (sulfide) groups is 1. The molecule has 0 saturated heterocycles. The van der Waals surface area contributed by atoms with Crippen molar-refractivity contribution in [2.24, 2.45) is 0 Å². The number of hydrogen-bond acceptors (Lipinski definition) is 6. The van der Waals surface area contributed by atoms with Crippen LogP contribution < -0.4 is 5.32 Å². The van der Waals surface area contributed by atoms with Gasteiger partial charge in [-0.2, -0.15) is 4.68 Å². The molecule has 3 rings (SSSR count). The number of aromatic nitrogens is 4. The van der Waals surface area contributed by atoms with Gasteiger partial charge in [-0.15, -0.1) is 5.10 Å². The average molecular weight is 417 g/mol. The Morgan fingerprint density at radius 3 is 2.43 bits per heavy atom. The molecule has 0 saturated carbocycles. The minimum atomic E-state index is -0.206. The lowest BCUT2D eigenvalue weighted by atomic mass is 10.2. The molecule has 0 bridgehead atoms. The van der Waals surface area contributed by atoms with Gasteiger partial charge in [0.2, 0.25) is 11.1 Å². The van der Waals surface area contributed by atoms with Crippen molar-refractivity contribution in [2.45, 2.75) is 5.16 Å². The molecule has 0 atom stereocenters. The molecule has 28 heavy (non-hydrogen) atoms. The molecule has 1 heterocycles. The molecular formula is C18H17ClN6O2S. The van der Waals surface area contributed by atoms with Gasteiger partial charge in [0.25, 0.3) is 5.91 Å². The highest BCUT2D eigenvalue weighted by Crippen LogP contribution is 2.20. The van der Waals surface area contributed by atoms with Gasteiger partial charge in [0, 0.05) is 30.4 Å². The molecule has 0 aliphatic heterocycles. The number of amides is 2. The van der Waals surface area contributed by atoms with Crippen molar-refractivity contribution in [2.75, 3.05) is 25.2 Å². The number of carbonyl (C=O) groups is 2. The van der Waals surface area contributed by atoms with E-state index in [9.17, 15) is 9.59 Å². The van der Waals surface area contributed by atoms with Crippen LogP contribution in [0.1, 0.15) is 10.4 Å². The van der Waals surface area contributed by atoms with Crippen molar-refractivity contribution in [3.05, 3.63) is 59.1 Å². The number of nitrogens with one attached hydrogen (secondary N) is 1. The molecule has 0 radical (unpaired) electrons. The first-order valence-electron chi connectivity index (χ1n) is 8.23. The normalized spacial score (nSPS) is 10.5. The predicted octanol–water partition coefficient (Wildman–Crippen LogP) is 2.75. The quantitative estimate of drug-likeness (QED) is 0.621. The van der Waals surface area contributed by atoms with Gasteiger partial charge >= 0.3 is 0 Å². The van der Waals surface area contributed by atoms with E-state index in [1.54, 1.807) is 62.6 Å². The Kier molecular flexibility index (Phi) is 6.27.